The van der Waals surface area contributed by atoms with Crippen molar-refractivity contribution < 1.29 is 14.6 Å². The van der Waals surface area contributed by atoms with Crippen molar-refractivity contribution in [3.63, 3.8) is 0 Å². The van der Waals surface area contributed by atoms with E-state index in [0.717, 1.165) is 5.69 Å². The quantitative estimate of drug-likeness (QED) is 0.530. The van der Waals surface area contributed by atoms with E-state index in [1.165, 1.54) is 4.90 Å². The fourth-order valence-corrected chi connectivity index (χ4v) is 1.85. The minimum atomic E-state index is -0.514. The van der Waals surface area contributed by atoms with Gasteiger partial charge in [0.25, 0.3) is 0 Å². The predicted octanol–water partition coefficient (Wildman–Crippen LogP) is 1.84. The average Bonchev–Trinajstić information content (AvgIpc) is 2.41. The first kappa shape index (κ1) is 15.3. The molecule has 0 spiro atoms. The number of aliphatic hydroxyl groups is 1. The minimum Gasteiger partial charge on any atom is -0.389 e. The Morgan fingerprint density at radius 2 is 2.22 bits per heavy atom. The van der Waals surface area contributed by atoms with E-state index < -0.39 is 6.10 Å². The molecule has 1 unspecified atom stereocenters. The highest BCUT2D eigenvalue weighted by Crippen LogP contribution is 2.18. The summed E-state index contributed by atoms with van der Waals surface area (Å²) in [6.45, 7) is 1.86. The SMILES string of the molecule is COCCOCC(O)CNc1cccc(SC)c1. The van der Waals surface area contributed by atoms with E-state index in [-0.39, 0.29) is 0 Å². The average molecular weight is 271 g/mol. The first-order valence-electron chi connectivity index (χ1n) is 5.89. The molecule has 0 heterocycles. The van der Waals surface area contributed by atoms with Crippen LogP contribution in [0.5, 0.6) is 0 Å². The molecule has 1 aromatic rings. The minimum absolute atomic E-state index is 0.318. The van der Waals surface area contributed by atoms with Gasteiger partial charge in [-0.05, 0) is 24.5 Å². The molecule has 102 valence electrons. The van der Waals surface area contributed by atoms with Crippen LogP contribution in [0.3, 0.4) is 0 Å². The summed E-state index contributed by atoms with van der Waals surface area (Å²) in [6.07, 6.45) is 1.53. The van der Waals surface area contributed by atoms with Crippen LogP contribution in [0.4, 0.5) is 5.69 Å². The molecule has 0 radical (unpaired) electrons. The summed E-state index contributed by atoms with van der Waals surface area (Å²) in [4.78, 5) is 1.20. The fourth-order valence-electron chi connectivity index (χ4n) is 1.39. The molecule has 4 nitrogen and oxygen atoms in total. The Hall–Kier alpha value is -0.750. The van der Waals surface area contributed by atoms with E-state index >= 15 is 0 Å². The number of nitrogens with one attached hydrogen (secondary N) is 1. The maximum atomic E-state index is 9.70. The number of anilines is 1. The topological polar surface area (TPSA) is 50.7 Å². The van der Waals surface area contributed by atoms with Crippen molar-refractivity contribution in [2.75, 3.05) is 45.0 Å². The molecule has 0 aliphatic rings. The van der Waals surface area contributed by atoms with Crippen LogP contribution in [-0.2, 0) is 9.47 Å². The van der Waals surface area contributed by atoms with Gasteiger partial charge in [0.05, 0.1) is 25.9 Å². The molecule has 5 heteroatoms. The zero-order valence-electron chi connectivity index (χ0n) is 10.9. The van der Waals surface area contributed by atoms with Crippen LogP contribution in [-0.4, -0.2) is 50.9 Å². The summed E-state index contributed by atoms with van der Waals surface area (Å²) in [6, 6.07) is 8.09. The van der Waals surface area contributed by atoms with Crippen molar-refractivity contribution >= 4 is 17.4 Å². The molecule has 0 aliphatic carbocycles. The molecule has 0 saturated carbocycles. The van der Waals surface area contributed by atoms with E-state index in [9.17, 15) is 5.11 Å². The molecule has 2 N–H and O–H groups in total. The summed E-state index contributed by atoms with van der Waals surface area (Å²) in [5.74, 6) is 0. The van der Waals surface area contributed by atoms with E-state index in [4.69, 9.17) is 9.47 Å². The van der Waals surface area contributed by atoms with Crippen LogP contribution in [0.15, 0.2) is 29.2 Å². The van der Waals surface area contributed by atoms with Gasteiger partial charge in [-0.25, -0.2) is 0 Å². The Bertz CT molecular complexity index is 336. The Morgan fingerprint density at radius 1 is 1.39 bits per heavy atom. The van der Waals surface area contributed by atoms with Crippen molar-refractivity contribution in [1.29, 1.82) is 0 Å². The van der Waals surface area contributed by atoms with Gasteiger partial charge in [-0.3, -0.25) is 0 Å². The van der Waals surface area contributed by atoms with Crippen molar-refractivity contribution in [2.24, 2.45) is 0 Å². The second-order valence-electron chi connectivity index (χ2n) is 3.83. The fraction of sp³-hybridized carbons (Fsp3) is 0.538. The van der Waals surface area contributed by atoms with Crippen LogP contribution in [0.25, 0.3) is 0 Å². The van der Waals surface area contributed by atoms with Gasteiger partial charge in [0.1, 0.15) is 0 Å². The number of thioether (sulfide) groups is 1. The van der Waals surface area contributed by atoms with Gasteiger partial charge >= 0.3 is 0 Å². The first-order chi connectivity index (χ1) is 8.76. The van der Waals surface area contributed by atoms with Gasteiger partial charge in [-0.2, -0.15) is 0 Å². The third-order valence-electron chi connectivity index (χ3n) is 2.35. The smallest absolute Gasteiger partial charge is 0.0945 e. The van der Waals surface area contributed by atoms with Crippen LogP contribution in [0.1, 0.15) is 0 Å². The number of methoxy groups -OCH3 is 1. The molecule has 0 fully saturated rings. The molecule has 0 saturated heterocycles. The lowest BCUT2D eigenvalue weighted by Gasteiger charge is -2.13. The first-order valence-corrected chi connectivity index (χ1v) is 7.11. The Labute approximate surface area is 113 Å². The van der Waals surface area contributed by atoms with E-state index in [0.29, 0.717) is 26.4 Å². The van der Waals surface area contributed by atoms with Gasteiger partial charge in [0.2, 0.25) is 0 Å². The van der Waals surface area contributed by atoms with Crippen molar-refractivity contribution in [1.82, 2.24) is 0 Å². The number of aliphatic hydroxyl groups excluding tert-OH is 1. The summed E-state index contributed by atoms with van der Waals surface area (Å²) in [7, 11) is 1.63. The molecule has 1 atom stereocenters. The highest BCUT2D eigenvalue weighted by Gasteiger charge is 2.04. The Kier molecular flexibility index (Phi) is 7.84. The summed E-state index contributed by atoms with van der Waals surface area (Å²) < 4.78 is 10.1. The van der Waals surface area contributed by atoms with Crippen molar-refractivity contribution in [3.8, 4) is 0 Å². The molecule has 0 bridgehead atoms. The predicted molar refractivity (Wildman–Crippen MR) is 75.4 cm³/mol. The second kappa shape index (κ2) is 9.22. The zero-order valence-corrected chi connectivity index (χ0v) is 11.7. The normalized spacial score (nSPS) is 12.4. The third-order valence-corrected chi connectivity index (χ3v) is 3.08. The number of benzene rings is 1. The Balaban J connectivity index is 2.22. The maximum absolute atomic E-state index is 9.70. The second-order valence-corrected chi connectivity index (χ2v) is 4.71. The van der Waals surface area contributed by atoms with Crippen molar-refractivity contribution in [2.45, 2.75) is 11.0 Å². The highest BCUT2D eigenvalue weighted by molar-refractivity contribution is 7.98. The van der Waals surface area contributed by atoms with E-state index in [2.05, 4.69) is 17.4 Å². The molecular formula is C13H21NO3S. The molecule has 1 aromatic carbocycles. The molecule has 18 heavy (non-hydrogen) atoms. The van der Waals surface area contributed by atoms with Gasteiger partial charge < -0.3 is 19.9 Å². The van der Waals surface area contributed by atoms with Crippen molar-refractivity contribution in [3.05, 3.63) is 24.3 Å². The zero-order chi connectivity index (χ0) is 13.2. The summed E-state index contributed by atoms with van der Waals surface area (Å²) >= 11 is 1.70. The summed E-state index contributed by atoms with van der Waals surface area (Å²) in [5.41, 5.74) is 1.01. The molecule has 0 aromatic heterocycles. The van der Waals surface area contributed by atoms with Gasteiger partial charge in [0, 0.05) is 24.2 Å². The lowest BCUT2D eigenvalue weighted by molar-refractivity contribution is 0.0182. The van der Waals surface area contributed by atoms with E-state index in [1.807, 2.05) is 18.4 Å². The standard InChI is InChI=1S/C13H21NO3S/c1-16-6-7-17-10-12(15)9-14-11-4-3-5-13(8-11)18-2/h3-5,8,12,14-15H,6-7,9-10H2,1-2H3. The number of hydrogen-bond donors (Lipinski definition) is 2. The largest absolute Gasteiger partial charge is 0.389 e. The molecule has 1 rings (SSSR count). The van der Waals surface area contributed by atoms with Gasteiger partial charge in [0.15, 0.2) is 0 Å². The lowest BCUT2D eigenvalue weighted by Crippen LogP contribution is -2.25. The molecule has 0 amide bonds. The van der Waals surface area contributed by atoms with Crippen LogP contribution >= 0.6 is 11.8 Å². The highest BCUT2D eigenvalue weighted by atomic mass is 32.2. The summed E-state index contributed by atoms with van der Waals surface area (Å²) in [5, 5.41) is 12.9. The number of hydrogen-bond acceptors (Lipinski definition) is 5. The monoisotopic (exact) mass is 271 g/mol. The lowest BCUT2D eigenvalue weighted by atomic mass is 10.3. The van der Waals surface area contributed by atoms with Gasteiger partial charge in [-0.1, -0.05) is 6.07 Å². The number of rotatable bonds is 9. The molecular weight excluding hydrogens is 250 g/mol. The Morgan fingerprint density at radius 3 is 2.94 bits per heavy atom. The van der Waals surface area contributed by atoms with Gasteiger partial charge in [-0.15, -0.1) is 11.8 Å². The van der Waals surface area contributed by atoms with Crippen LogP contribution in [0, 0.1) is 0 Å². The van der Waals surface area contributed by atoms with E-state index in [1.54, 1.807) is 18.9 Å². The molecule has 0 aliphatic heterocycles. The third kappa shape index (κ3) is 6.26. The van der Waals surface area contributed by atoms with Crippen LogP contribution in [0.2, 0.25) is 0 Å². The maximum Gasteiger partial charge on any atom is 0.0945 e. The van der Waals surface area contributed by atoms with Crippen LogP contribution < -0.4 is 5.32 Å². The number of ether oxygens (including phenoxy) is 2.